The Bertz CT molecular complexity index is 792. The first-order valence-electron chi connectivity index (χ1n) is 10.0. The maximum atomic E-state index is 6.68. The SMILES string of the molecule is COc1ccc(C)cc1OC1c2ccccc2CCC1N1CCC[C@H](N)C1. The molecule has 0 aromatic heterocycles. The van der Waals surface area contributed by atoms with Crippen LogP contribution in [0.5, 0.6) is 11.5 Å². The van der Waals surface area contributed by atoms with Gasteiger partial charge in [0, 0.05) is 12.6 Å². The summed E-state index contributed by atoms with van der Waals surface area (Å²) in [6.45, 7) is 4.14. The second kappa shape index (κ2) is 7.91. The molecule has 144 valence electrons. The number of fused-ring (bicyclic) bond motifs is 1. The van der Waals surface area contributed by atoms with Crippen LogP contribution in [0.15, 0.2) is 42.5 Å². The number of hydrogen-bond donors (Lipinski definition) is 1. The fourth-order valence-corrected chi connectivity index (χ4v) is 4.57. The number of benzene rings is 2. The van der Waals surface area contributed by atoms with Crippen LogP contribution in [-0.2, 0) is 6.42 Å². The van der Waals surface area contributed by atoms with E-state index in [1.807, 2.05) is 6.07 Å². The number of rotatable bonds is 4. The number of nitrogens with two attached hydrogens (primary N) is 1. The van der Waals surface area contributed by atoms with Gasteiger partial charge in [-0.1, -0.05) is 30.3 Å². The summed E-state index contributed by atoms with van der Waals surface area (Å²) >= 11 is 0. The zero-order valence-electron chi connectivity index (χ0n) is 16.4. The molecule has 0 spiro atoms. The Morgan fingerprint density at radius 1 is 1.07 bits per heavy atom. The predicted molar refractivity (Wildman–Crippen MR) is 108 cm³/mol. The van der Waals surface area contributed by atoms with E-state index in [0.29, 0.717) is 6.04 Å². The van der Waals surface area contributed by atoms with Crippen molar-refractivity contribution in [2.75, 3.05) is 20.2 Å². The number of methoxy groups -OCH3 is 1. The molecule has 0 amide bonds. The van der Waals surface area contributed by atoms with Crippen LogP contribution in [0.1, 0.15) is 42.1 Å². The largest absolute Gasteiger partial charge is 0.493 e. The smallest absolute Gasteiger partial charge is 0.162 e. The summed E-state index contributed by atoms with van der Waals surface area (Å²) in [5, 5.41) is 0. The molecule has 1 heterocycles. The van der Waals surface area contributed by atoms with Crippen molar-refractivity contribution in [1.29, 1.82) is 0 Å². The van der Waals surface area contributed by atoms with Gasteiger partial charge >= 0.3 is 0 Å². The monoisotopic (exact) mass is 366 g/mol. The van der Waals surface area contributed by atoms with Crippen molar-refractivity contribution >= 4 is 0 Å². The van der Waals surface area contributed by atoms with E-state index in [9.17, 15) is 0 Å². The van der Waals surface area contributed by atoms with Crippen LogP contribution in [0, 0.1) is 6.92 Å². The lowest BCUT2D eigenvalue weighted by atomic mass is 9.84. The van der Waals surface area contributed by atoms with Gasteiger partial charge in [0.05, 0.1) is 13.2 Å². The van der Waals surface area contributed by atoms with E-state index >= 15 is 0 Å². The highest BCUT2D eigenvalue weighted by Gasteiger charge is 2.37. The summed E-state index contributed by atoms with van der Waals surface area (Å²) in [5.74, 6) is 1.61. The minimum atomic E-state index is -0.00375. The zero-order chi connectivity index (χ0) is 18.8. The van der Waals surface area contributed by atoms with E-state index < -0.39 is 0 Å². The minimum absolute atomic E-state index is 0.00375. The molecule has 27 heavy (non-hydrogen) atoms. The first-order valence-corrected chi connectivity index (χ1v) is 10.0. The molecule has 2 aliphatic rings. The maximum absolute atomic E-state index is 6.68. The van der Waals surface area contributed by atoms with Crippen LogP contribution >= 0.6 is 0 Å². The molecule has 1 aliphatic heterocycles. The van der Waals surface area contributed by atoms with E-state index in [1.165, 1.54) is 23.1 Å². The van der Waals surface area contributed by atoms with Crippen LogP contribution in [0.4, 0.5) is 0 Å². The van der Waals surface area contributed by atoms with Gasteiger partial charge in [-0.3, -0.25) is 4.90 Å². The standard InChI is InChI=1S/C23H30N2O2/c1-16-9-12-21(26-2)22(14-16)27-23-19-8-4-3-6-17(19)10-11-20(23)25-13-5-7-18(24)15-25/h3-4,6,8-9,12,14,18,20,23H,5,7,10-11,13,15,24H2,1-2H3/t18-,20?,23?/m0/s1. The molecule has 4 nitrogen and oxygen atoms in total. The van der Waals surface area contributed by atoms with Crippen LogP contribution in [0.2, 0.25) is 0 Å². The van der Waals surface area contributed by atoms with Crippen molar-refractivity contribution in [2.45, 2.75) is 50.8 Å². The van der Waals surface area contributed by atoms with E-state index in [2.05, 4.69) is 48.2 Å². The Hall–Kier alpha value is -2.04. The first kappa shape index (κ1) is 18.3. The molecule has 1 aliphatic carbocycles. The number of likely N-dealkylation sites (tertiary alicyclic amines) is 1. The Labute approximate surface area is 162 Å². The lowest BCUT2D eigenvalue weighted by Gasteiger charge is -2.43. The normalized spacial score (nSPS) is 25.7. The van der Waals surface area contributed by atoms with Gasteiger partial charge in [0.1, 0.15) is 6.10 Å². The highest BCUT2D eigenvalue weighted by atomic mass is 16.5. The van der Waals surface area contributed by atoms with Gasteiger partial charge in [-0.25, -0.2) is 0 Å². The van der Waals surface area contributed by atoms with E-state index in [0.717, 1.165) is 43.9 Å². The van der Waals surface area contributed by atoms with E-state index in [1.54, 1.807) is 7.11 Å². The fraction of sp³-hybridized carbons (Fsp3) is 0.478. The third-order valence-corrected chi connectivity index (χ3v) is 5.95. The Balaban J connectivity index is 1.69. The highest BCUT2D eigenvalue weighted by Crippen LogP contribution is 2.40. The summed E-state index contributed by atoms with van der Waals surface area (Å²) in [5.41, 5.74) is 10.2. The summed E-state index contributed by atoms with van der Waals surface area (Å²) in [4.78, 5) is 2.55. The van der Waals surface area contributed by atoms with Crippen molar-refractivity contribution in [3.8, 4) is 11.5 Å². The van der Waals surface area contributed by atoms with Crippen molar-refractivity contribution in [3.05, 3.63) is 59.2 Å². The topological polar surface area (TPSA) is 47.7 Å². The summed E-state index contributed by atoms with van der Waals surface area (Å²) in [6, 6.07) is 15.4. The van der Waals surface area contributed by atoms with Gasteiger partial charge in [0.2, 0.25) is 0 Å². The third-order valence-electron chi connectivity index (χ3n) is 5.95. The van der Waals surface area contributed by atoms with Crippen molar-refractivity contribution < 1.29 is 9.47 Å². The van der Waals surface area contributed by atoms with Crippen LogP contribution in [0.25, 0.3) is 0 Å². The van der Waals surface area contributed by atoms with Gasteiger partial charge < -0.3 is 15.2 Å². The molecule has 2 aromatic carbocycles. The van der Waals surface area contributed by atoms with Crippen LogP contribution in [0.3, 0.4) is 0 Å². The molecule has 4 rings (SSSR count). The lowest BCUT2D eigenvalue weighted by Crippen LogP contribution is -2.51. The van der Waals surface area contributed by atoms with Gasteiger partial charge in [0.25, 0.3) is 0 Å². The Kier molecular flexibility index (Phi) is 5.37. The van der Waals surface area contributed by atoms with Crippen molar-refractivity contribution in [2.24, 2.45) is 5.73 Å². The van der Waals surface area contributed by atoms with Crippen LogP contribution < -0.4 is 15.2 Å². The molecular weight excluding hydrogens is 336 g/mol. The number of aryl methyl sites for hydroxylation is 2. The van der Waals surface area contributed by atoms with E-state index in [-0.39, 0.29) is 12.1 Å². The average molecular weight is 367 g/mol. The quantitative estimate of drug-likeness (QED) is 0.893. The van der Waals surface area contributed by atoms with Crippen molar-refractivity contribution in [1.82, 2.24) is 4.90 Å². The molecule has 0 bridgehead atoms. The molecular formula is C23H30N2O2. The average Bonchev–Trinajstić information content (AvgIpc) is 2.68. The number of hydrogen-bond acceptors (Lipinski definition) is 4. The van der Waals surface area contributed by atoms with Gasteiger partial charge in [0.15, 0.2) is 11.5 Å². The zero-order valence-corrected chi connectivity index (χ0v) is 16.4. The minimum Gasteiger partial charge on any atom is -0.493 e. The summed E-state index contributed by atoms with van der Waals surface area (Å²) in [6.07, 6.45) is 4.48. The Morgan fingerprint density at radius 2 is 1.93 bits per heavy atom. The molecule has 4 heteroatoms. The Morgan fingerprint density at radius 3 is 2.74 bits per heavy atom. The van der Waals surface area contributed by atoms with Gasteiger partial charge in [-0.15, -0.1) is 0 Å². The molecule has 2 aromatic rings. The molecule has 0 radical (unpaired) electrons. The number of ether oxygens (including phenoxy) is 2. The second-order valence-corrected chi connectivity index (χ2v) is 7.89. The van der Waals surface area contributed by atoms with Gasteiger partial charge in [-0.2, -0.15) is 0 Å². The maximum Gasteiger partial charge on any atom is 0.162 e. The molecule has 2 N–H and O–H groups in total. The molecule has 2 unspecified atom stereocenters. The van der Waals surface area contributed by atoms with E-state index in [4.69, 9.17) is 15.2 Å². The molecule has 1 saturated heterocycles. The molecule has 1 fully saturated rings. The third kappa shape index (κ3) is 3.83. The van der Waals surface area contributed by atoms with Crippen molar-refractivity contribution in [3.63, 3.8) is 0 Å². The predicted octanol–water partition coefficient (Wildman–Crippen LogP) is 3.86. The molecule has 3 atom stereocenters. The number of nitrogens with zero attached hydrogens (tertiary/aromatic N) is 1. The first-order chi connectivity index (χ1) is 13.2. The van der Waals surface area contributed by atoms with Crippen LogP contribution in [-0.4, -0.2) is 37.2 Å². The highest BCUT2D eigenvalue weighted by molar-refractivity contribution is 5.44. The lowest BCUT2D eigenvalue weighted by molar-refractivity contribution is 0.0353. The summed E-state index contributed by atoms with van der Waals surface area (Å²) < 4.78 is 12.2. The van der Waals surface area contributed by atoms with Gasteiger partial charge in [-0.05, 0) is 68.0 Å². The second-order valence-electron chi connectivity index (χ2n) is 7.89. The number of piperidine rings is 1. The summed E-state index contributed by atoms with van der Waals surface area (Å²) in [7, 11) is 1.70. The molecule has 0 saturated carbocycles. The fourth-order valence-electron chi connectivity index (χ4n) is 4.57.